The van der Waals surface area contributed by atoms with Gasteiger partial charge in [-0.3, -0.25) is 0 Å². The zero-order valence-electron chi connectivity index (χ0n) is 6.64. The fraction of sp³-hybridized carbons (Fsp3) is 0.167. The van der Waals surface area contributed by atoms with Crippen LogP contribution in [0.5, 0.6) is 0 Å². The third-order valence-electron chi connectivity index (χ3n) is 0.893. The standard InChI is InChI=1S/C6H8N2.H2O.3O.Re/c1-2-3-6-7-4-5-8-6;;;;;/h2,4-5H,1,3H2,(H,7,8);1H2;;;;/q;;;;;+1/p-1. The van der Waals surface area contributed by atoms with Crippen LogP contribution in [0.3, 0.4) is 0 Å². The van der Waals surface area contributed by atoms with E-state index in [0.29, 0.717) is 0 Å². The van der Waals surface area contributed by atoms with Crippen LogP contribution in [-0.4, -0.2) is 13.8 Å². The normalized spacial score (nSPS) is 9.92. The second kappa shape index (κ2) is 5.59. The van der Waals surface area contributed by atoms with Crippen LogP contribution in [0.25, 0.3) is 0 Å². The molecule has 1 aromatic rings. The summed E-state index contributed by atoms with van der Waals surface area (Å²) in [5.74, 6) is 0.972. The number of hydrogen-bond acceptors (Lipinski definition) is 4. The van der Waals surface area contributed by atoms with E-state index in [1.54, 1.807) is 12.4 Å². The van der Waals surface area contributed by atoms with Gasteiger partial charge in [-0.05, 0) is 0 Å². The molecule has 0 fully saturated rings. The fourth-order valence-electron chi connectivity index (χ4n) is 0.546. The van der Waals surface area contributed by atoms with Gasteiger partial charge in [-0.1, -0.05) is 6.08 Å². The second-order valence-electron chi connectivity index (χ2n) is 1.92. The summed E-state index contributed by atoms with van der Waals surface area (Å²) in [5.41, 5.74) is 0. The van der Waals surface area contributed by atoms with E-state index < -0.39 is 15.8 Å². The molecule has 13 heavy (non-hydrogen) atoms. The van der Waals surface area contributed by atoms with Crippen molar-refractivity contribution >= 4 is 0 Å². The van der Waals surface area contributed by atoms with Gasteiger partial charge in [-0.15, -0.1) is 6.58 Å². The summed E-state index contributed by atoms with van der Waals surface area (Å²) in [6.45, 7) is 3.58. The van der Waals surface area contributed by atoms with E-state index in [4.69, 9.17) is 14.2 Å². The van der Waals surface area contributed by atoms with Crippen molar-refractivity contribution in [2.24, 2.45) is 0 Å². The molecule has 0 aliphatic heterocycles. The van der Waals surface area contributed by atoms with Crippen LogP contribution < -0.4 is 0 Å². The van der Waals surface area contributed by atoms with E-state index in [1.807, 2.05) is 6.08 Å². The Balaban J connectivity index is 0.000000252. The fourth-order valence-corrected chi connectivity index (χ4v) is 0.546. The molecule has 74 valence electrons. The average molecular weight is 359 g/mol. The van der Waals surface area contributed by atoms with Crippen molar-refractivity contribution in [3.8, 4) is 0 Å². The van der Waals surface area contributed by atoms with E-state index in [1.165, 1.54) is 0 Å². The first-order chi connectivity index (χ1) is 5.93. The summed E-state index contributed by atoms with van der Waals surface area (Å²) < 4.78 is 33.3. The zero-order chi connectivity index (χ0) is 10.3. The number of H-pyrrole nitrogens is 1. The van der Waals surface area contributed by atoms with Gasteiger partial charge in [0.05, 0.1) is 0 Å². The quantitative estimate of drug-likeness (QED) is 0.736. The van der Waals surface area contributed by atoms with Crippen molar-refractivity contribution in [1.82, 2.24) is 9.97 Å². The number of imidazole rings is 1. The third-order valence-corrected chi connectivity index (χ3v) is 0.893. The molecule has 7 heteroatoms. The Morgan fingerprint density at radius 2 is 2.15 bits per heavy atom. The number of nitrogens with zero attached hydrogens (tertiary/aromatic N) is 1. The Morgan fingerprint density at radius 3 is 2.46 bits per heavy atom. The summed E-state index contributed by atoms with van der Waals surface area (Å²) in [7, 11) is 0. The van der Waals surface area contributed by atoms with E-state index in [0.717, 1.165) is 12.2 Å². The molecule has 0 aliphatic carbocycles. The summed E-state index contributed by atoms with van der Waals surface area (Å²) in [4.78, 5) is 6.93. The van der Waals surface area contributed by atoms with Gasteiger partial charge in [-0.2, -0.15) is 0 Å². The van der Waals surface area contributed by atoms with Crippen molar-refractivity contribution in [3.05, 3.63) is 30.9 Å². The van der Waals surface area contributed by atoms with Crippen molar-refractivity contribution in [2.45, 2.75) is 6.42 Å². The molecule has 1 rings (SSSR count). The van der Waals surface area contributed by atoms with E-state index in [2.05, 4.69) is 16.5 Å². The first-order valence-electron chi connectivity index (χ1n) is 3.16. The predicted molar refractivity (Wildman–Crippen MR) is 36.8 cm³/mol. The van der Waals surface area contributed by atoms with E-state index in [9.17, 15) is 0 Å². The first-order valence-corrected chi connectivity index (χ1v) is 7.70. The Kier molecular flexibility index (Phi) is 5.15. The molecule has 1 aromatic heterocycles. The molecule has 2 N–H and O–H groups in total. The molecule has 0 bridgehead atoms. The summed E-state index contributed by atoms with van der Waals surface area (Å²) in [6.07, 6.45) is 6.18. The van der Waals surface area contributed by atoms with Gasteiger partial charge in [0.15, 0.2) is 0 Å². The van der Waals surface area contributed by atoms with Gasteiger partial charge in [0.1, 0.15) is 5.82 Å². The molecule has 0 spiro atoms. The summed E-state index contributed by atoms with van der Waals surface area (Å²) >= 11 is -5.86. The minimum atomic E-state index is -5.86. The van der Waals surface area contributed by atoms with Crippen LogP contribution in [0.15, 0.2) is 25.0 Å². The van der Waals surface area contributed by atoms with Gasteiger partial charge in [0, 0.05) is 18.8 Å². The van der Waals surface area contributed by atoms with Gasteiger partial charge in [-0.25, -0.2) is 4.98 Å². The molecule has 0 unspecified atom stereocenters. The number of rotatable bonds is 2. The molecule has 0 amide bonds. The van der Waals surface area contributed by atoms with Crippen LogP contribution in [0.2, 0.25) is 0 Å². The maximum atomic E-state index is 8.75. The molecule has 1 heterocycles. The Morgan fingerprint density at radius 1 is 1.62 bits per heavy atom. The topological polar surface area (TPSA) is 100 Å². The maximum absolute atomic E-state index is 8.75. The van der Waals surface area contributed by atoms with E-state index in [-0.39, 0.29) is 0 Å². The molecule has 0 radical (unpaired) electrons. The predicted octanol–water partition coefficient (Wildman–Crippen LogP) is 0.222. The van der Waals surface area contributed by atoms with Crippen LogP contribution in [0, 0.1) is 0 Å². The molecule has 0 aromatic carbocycles. The van der Waals surface area contributed by atoms with Crippen molar-refractivity contribution in [2.75, 3.05) is 0 Å². The molecule has 0 saturated carbocycles. The molecular weight excluding hydrogens is 350 g/mol. The Bertz CT molecular complexity index is 373. The SMILES string of the molecule is C=CCc1ncc[nH]1.[O]=[Re](=[O])(=[O])[OH]. The molecule has 0 atom stereocenters. The van der Waals surface area contributed by atoms with Crippen LogP contribution >= 0.6 is 0 Å². The second-order valence-corrected chi connectivity index (χ2v) is 4.77. The Labute approximate surface area is 77.7 Å². The van der Waals surface area contributed by atoms with Crippen LogP contribution in [0.1, 0.15) is 5.82 Å². The number of aromatic nitrogens is 2. The van der Waals surface area contributed by atoms with Crippen LogP contribution in [-0.2, 0) is 32.6 Å². The third kappa shape index (κ3) is 11.0. The van der Waals surface area contributed by atoms with Crippen LogP contribution in [0.4, 0.5) is 0 Å². The van der Waals surface area contributed by atoms with Crippen molar-refractivity contribution in [1.29, 1.82) is 0 Å². The van der Waals surface area contributed by atoms with E-state index >= 15 is 0 Å². The Hall–Kier alpha value is -1.03. The van der Waals surface area contributed by atoms with Gasteiger partial charge >= 0.3 is 30.0 Å². The number of aromatic amines is 1. The minimum absolute atomic E-state index is 0.826. The van der Waals surface area contributed by atoms with Crippen molar-refractivity contribution in [3.63, 3.8) is 0 Å². The molecular formula is C6H9N2O4Re. The van der Waals surface area contributed by atoms with Gasteiger partial charge in [0.2, 0.25) is 0 Å². The summed E-state index contributed by atoms with van der Waals surface area (Å²) in [5, 5.41) is 0. The number of nitrogens with one attached hydrogen (secondary N) is 1. The zero-order valence-corrected chi connectivity index (χ0v) is 9.36. The number of allylic oxidation sites excluding steroid dienone is 1. The van der Waals surface area contributed by atoms with Crippen molar-refractivity contribution < 1.29 is 30.0 Å². The average Bonchev–Trinajstić information content (AvgIpc) is 2.36. The summed E-state index contributed by atoms with van der Waals surface area (Å²) in [6, 6.07) is 0. The van der Waals surface area contributed by atoms with Gasteiger partial charge < -0.3 is 4.98 Å². The van der Waals surface area contributed by atoms with Gasteiger partial charge in [0.25, 0.3) is 0 Å². The molecule has 0 aliphatic rings. The monoisotopic (exact) mass is 360 g/mol. The number of hydrogen-bond donors (Lipinski definition) is 2. The molecule has 6 nitrogen and oxygen atoms in total. The first kappa shape index (κ1) is 12.0. The molecule has 0 saturated heterocycles.